The van der Waals surface area contributed by atoms with Crippen LogP contribution in [-0.4, -0.2) is 18.4 Å². The number of primary amides is 1. The molecule has 5 heteroatoms. The van der Waals surface area contributed by atoms with Crippen molar-refractivity contribution in [1.29, 1.82) is 0 Å². The zero-order chi connectivity index (χ0) is 20.5. The average molecular weight is 382 g/mol. The van der Waals surface area contributed by atoms with Crippen molar-refractivity contribution in [3.05, 3.63) is 65.2 Å². The Morgan fingerprint density at radius 3 is 2.18 bits per heavy atom. The van der Waals surface area contributed by atoms with E-state index >= 15 is 0 Å². The van der Waals surface area contributed by atoms with Crippen molar-refractivity contribution in [2.45, 2.75) is 46.1 Å². The highest BCUT2D eigenvalue weighted by atomic mass is 16.2. The minimum Gasteiger partial charge on any atom is -0.366 e. The van der Waals surface area contributed by atoms with E-state index in [1.807, 2.05) is 0 Å². The number of benzene rings is 2. The summed E-state index contributed by atoms with van der Waals surface area (Å²) in [4.78, 5) is 23.4. The lowest BCUT2D eigenvalue weighted by Gasteiger charge is -2.23. The summed E-state index contributed by atoms with van der Waals surface area (Å²) < 4.78 is 0. The first kappa shape index (κ1) is 21.6. The van der Waals surface area contributed by atoms with Crippen molar-refractivity contribution in [2.75, 3.05) is 11.9 Å². The second-order valence-corrected chi connectivity index (χ2v) is 7.44. The third-order valence-electron chi connectivity index (χ3n) is 4.76. The van der Waals surface area contributed by atoms with Crippen molar-refractivity contribution < 1.29 is 9.59 Å². The molecule has 1 atom stereocenters. The van der Waals surface area contributed by atoms with Gasteiger partial charge in [0.15, 0.2) is 0 Å². The van der Waals surface area contributed by atoms with Crippen molar-refractivity contribution >= 4 is 17.5 Å². The first-order chi connectivity index (χ1) is 13.4. The number of hydrogen-bond acceptors (Lipinski definition) is 3. The van der Waals surface area contributed by atoms with E-state index in [2.05, 4.69) is 55.7 Å². The van der Waals surface area contributed by atoms with Crippen molar-refractivity contribution in [1.82, 2.24) is 5.32 Å². The summed E-state index contributed by atoms with van der Waals surface area (Å²) in [6.45, 7) is 6.69. The van der Waals surface area contributed by atoms with Crippen molar-refractivity contribution in [2.24, 2.45) is 11.7 Å². The highest BCUT2D eigenvalue weighted by molar-refractivity contribution is 5.95. The smallest absolute Gasteiger partial charge is 0.248 e. The minimum atomic E-state index is -0.486. The molecule has 0 saturated heterocycles. The van der Waals surface area contributed by atoms with Crippen molar-refractivity contribution in [3.8, 4) is 0 Å². The Labute approximate surface area is 167 Å². The number of carbonyl (C=O) groups excluding carboxylic acids is 2. The maximum absolute atomic E-state index is 12.3. The molecule has 2 aromatic rings. The van der Waals surface area contributed by atoms with Crippen LogP contribution in [-0.2, 0) is 11.2 Å². The maximum atomic E-state index is 12.3. The van der Waals surface area contributed by atoms with Gasteiger partial charge in [0.05, 0.1) is 6.54 Å². The molecule has 0 aliphatic heterocycles. The third kappa shape index (κ3) is 6.50. The zero-order valence-corrected chi connectivity index (χ0v) is 17.0. The number of rotatable bonds is 10. The summed E-state index contributed by atoms with van der Waals surface area (Å²) in [5, 5.41) is 6.19. The summed E-state index contributed by atoms with van der Waals surface area (Å²) in [5.41, 5.74) is 8.82. The minimum absolute atomic E-state index is 0.100. The van der Waals surface area contributed by atoms with E-state index in [9.17, 15) is 9.59 Å². The Kier molecular flexibility index (Phi) is 8.20. The number of amides is 2. The zero-order valence-electron chi connectivity index (χ0n) is 17.0. The second-order valence-electron chi connectivity index (χ2n) is 7.44. The molecule has 0 aromatic heterocycles. The molecule has 5 nitrogen and oxygen atoms in total. The Bertz CT molecular complexity index is 767. The van der Waals surface area contributed by atoms with E-state index in [1.54, 1.807) is 24.3 Å². The van der Waals surface area contributed by atoms with Crippen LogP contribution in [0.2, 0.25) is 0 Å². The van der Waals surface area contributed by atoms with E-state index in [1.165, 1.54) is 24.0 Å². The van der Waals surface area contributed by atoms with Crippen LogP contribution < -0.4 is 16.4 Å². The van der Waals surface area contributed by atoms with E-state index in [0.717, 1.165) is 6.42 Å². The van der Waals surface area contributed by atoms with E-state index in [-0.39, 0.29) is 18.5 Å². The molecule has 0 unspecified atom stereocenters. The van der Waals surface area contributed by atoms with Gasteiger partial charge in [-0.05, 0) is 54.2 Å². The van der Waals surface area contributed by atoms with Gasteiger partial charge in [-0.15, -0.1) is 0 Å². The maximum Gasteiger partial charge on any atom is 0.248 e. The number of nitrogens with one attached hydrogen (secondary N) is 2. The molecular weight excluding hydrogens is 350 g/mol. The molecule has 2 aromatic carbocycles. The normalized spacial score (nSPS) is 12.0. The molecule has 0 spiro atoms. The molecule has 0 radical (unpaired) electrons. The monoisotopic (exact) mass is 381 g/mol. The third-order valence-corrected chi connectivity index (χ3v) is 4.76. The van der Waals surface area contributed by atoms with Gasteiger partial charge in [-0.2, -0.15) is 0 Å². The Balaban J connectivity index is 1.93. The highest BCUT2D eigenvalue weighted by Gasteiger charge is 2.16. The number of aryl methyl sites for hydroxylation is 1. The first-order valence-corrected chi connectivity index (χ1v) is 9.92. The van der Waals surface area contributed by atoms with E-state index in [0.29, 0.717) is 17.2 Å². The molecule has 28 heavy (non-hydrogen) atoms. The SMILES string of the molecule is CCCCc1ccc([C@@H](NCC(=O)Nc2ccc(C(N)=O)cc2)C(C)C)cc1. The van der Waals surface area contributed by atoms with Gasteiger partial charge >= 0.3 is 0 Å². The van der Waals surface area contributed by atoms with Gasteiger partial charge in [-0.1, -0.05) is 51.5 Å². The number of unbranched alkanes of at least 4 members (excludes halogenated alkanes) is 1. The van der Waals surface area contributed by atoms with Crippen LogP contribution in [0.3, 0.4) is 0 Å². The fraction of sp³-hybridized carbons (Fsp3) is 0.391. The van der Waals surface area contributed by atoms with Crippen LogP contribution in [0.1, 0.15) is 61.1 Å². The van der Waals surface area contributed by atoms with Gasteiger partial charge in [0.25, 0.3) is 0 Å². The lowest BCUT2D eigenvalue weighted by Crippen LogP contribution is -2.33. The fourth-order valence-corrected chi connectivity index (χ4v) is 3.14. The summed E-state index contributed by atoms with van der Waals surface area (Å²) >= 11 is 0. The molecule has 0 aliphatic carbocycles. The van der Waals surface area contributed by atoms with Crippen LogP contribution in [0.4, 0.5) is 5.69 Å². The van der Waals surface area contributed by atoms with Crippen molar-refractivity contribution in [3.63, 3.8) is 0 Å². The number of hydrogen-bond donors (Lipinski definition) is 3. The van der Waals surface area contributed by atoms with Gasteiger partial charge in [-0.25, -0.2) is 0 Å². The molecule has 0 heterocycles. The van der Waals surface area contributed by atoms with Gasteiger partial charge in [0.2, 0.25) is 11.8 Å². The number of carbonyl (C=O) groups is 2. The molecule has 150 valence electrons. The Morgan fingerprint density at radius 1 is 1.00 bits per heavy atom. The van der Waals surface area contributed by atoms with Gasteiger partial charge in [0.1, 0.15) is 0 Å². The van der Waals surface area contributed by atoms with Crippen LogP contribution in [0.25, 0.3) is 0 Å². The molecule has 0 fully saturated rings. The first-order valence-electron chi connectivity index (χ1n) is 9.92. The van der Waals surface area contributed by atoms with Crippen LogP contribution in [0.15, 0.2) is 48.5 Å². The van der Waals surface area contributed by atoms with E-state index < -0.39 is 5.91 Å². The lowest BCUT2D eigenvalue weighted by molar-refractivity contribution is -0.115. The number of nitrogens with two attached hydrogens (primary N) is 1. The van der Waals surface area contributed by atoms with Gasteiger partial charge in [-0.3, -0.25) is 9.59 Å². The Hall–Kier alpha value is -2.66. The van der Waals surface area contributed by atoms with Crippen LogP contribution in [0.5, 0.6) is 0 Å². The second kappa shape index (κ2) is 10.6. The van der Waals surface area contributed by atoms with Gasteiger partial charge < -0.3 is 16.4 Å². The van der Waals surface area contributed by atoms with Crippen LogP contribution in [0, 0.1) is 5.92 Å². The predicted molar refractivity (Wildman–Crippen MR) is 114 cm³/mol. The molecule has 0 bridgehead atoms. The molecule has 2 amide bonds. The summed E-state index contributed by atoms with van der Waals surface area (Å²) in [6, 6.07) is 15.3. The lowest BCUT2D eigenvalue weighted by atomic mass is 9.94. The van der Waals surface area contributed by atoms with Gasteiger partial charge in [0, 0.05) is 17.3 Å². The average Bonchev–Trinajstić information content (AvgIpc) is 2.67. The standard InChI is InChI=1S/C23H31N3O2/c1-4-5-6-17-7-9-18(10-8-17)22(16(2)3)25-15-21(27)26-20-13-11-19(12-14-20)23(24)28/h7-14,16,22,25H,4-6,15H2,1-3H3,(H2,24,28)(H,26,27)/t22-/m0/s1. The molecule has 4 N–H and O–H groups in total. The topological polar surface area (TPSA) is 84.2 Å². The quantitative estimate of drug-likeness (QED) is 0.580. The molecule has 0 aliphatic rings. The Morgan fingerprint density at radius 2 is 1.64 bits per heavy atom. The summed E-state index contributed by atoms with van der Waals surface area (Å²) in [7, 11) is 0. The molecular formula is C23H31N3O2. The highest BCUT2D eigenvalue weighted by Crippen LogP contribution is 2.22. The summed E-state index contributed by atoms with van der Waals surface area (Å²) in [6.07, 6.45) is 3.50. The molecule has 2 rings (SSSR count). The van der Waals surface area contributed by atoms with Crippen LogP contribution >= 0.6 is 0 Å². The van der Waals surface area contributed by atoms with E-state index in [4.69, 9.17) is 5.73 Å². The predicted octanol–water partition coefficient (Wildman–Crippen LogP) is 4.05. The molecule has 0 saturated carbocycles. The summed E-state index contributed by atoms with van der Waals surface area (Å²) in [5.74, 6) is -0.263. The fourth-order valence-electron chi connectivity index (χ4n) is 3.14. The largest absolute Gasteiger partial charge is 0.366 e. The number of anilines is 1.